The van der Waals surface area contributed by atoms with Gasteiger partial charge in [0.1, 0.15) is 5.60 Å². The SMILES string of the molecule is CC(C)C#C[C@]1(O)C[C@H](C)CC[C@H]1C(C)C. The Hall–Kier alpha value is -0.480. The summed E-state index contributed by atoms with van der Waals surface area (Å²) in [5.41, 5.74) is -0.740. The highest BCUT2D eigenvalue weighted by Gasteiger charge is 2.41. The lowest BCUT2D eigenvalue weighted by Gasteiger charge is -2.41. The summed E-state index contributed by atoms with van der Waals surface area (Å²) in [6, 6.07) is 0. The van der Waals surface area contributed by atoms with Crippen LogP contribution < -0.4 is 0 Å². The third-order valence-corrected chi connectivity index (χ3v) is 3.63. The van der Waals surface area contributed by atoms with Crippen LogP contribution in [0.3, 0.4) is 0 Å². The average molecular weight is 222 g/mol. The van der Waals surface area contributed by atoms with Crippen LogP contribution in [0, 0.1) is 35.5 Å². The van der Waals surface area contributed by atoms with Crippen LogP contribution in [0.15, 0.2) is 0 Å². The summed E-state index contributed by atoms with van der Waals surface area (Å²) >= 11 is 0. The van der Waals surface area contributed by atoms with Gasteiger partial charge in [0.2, 0.25) is 0 Å². The van der Waals surface area contributed by atoms with E-state index in [1.54, 1.807) is 0 Å². The van der Waals surface area contributed by atoms with Crippen molar-refractivity contribution in [3.63, 3.8) is 0 Å². The minimum atomic E-state index is -0.740. The van der Waals surface area contributed by atoms with Gasteiger partial charge in [0.25, 0.3) is 0 Å². The maximum atomic E-state index is 10.7. The van der Waals surface area contributed by atoms with E-state index in [0.29, 0.717) is 23.7 Å². The van der Waals surface area contributed by atoms with Crippen molar-refractivity contribution in [2.24, 2.45) is 23.7 Å². The Kier molecular flexibility index (Phi) is 4.44. The van der Waals surface area contributed by atoms with Crippen molar-refractivity contribution >= 4 is 0 Å². The van der Waals surface area contributed by atoms with Crippen molar-refractivity contribution in [3.8, 4) is 11.8 Å². The normalized spacial score (nSPS) is 35.0. The monoisotopic (exact) mass is 222 g/mol. The van der Waals surface area contributed by atoms with Gasteiger partial charge < -0.3 is 5.11 Å². The molecule has 3 atom stereocenters. The standard InChI is InChI=1S/C15H26O/c1-11(2)8-9-15(16)10-13(5)6-7-14(15)12(3)4/h11-14,16H,6-7,10H2,1-5H3/t13-,14+,15+/m1/s1. The summed E-state index contributed by atoms with van der Waals surface area (Å²) in [5.74, 6) is 8.12. The van der Waals surface area contributed by atoms with E-state index in [9.17, 15) is 5.11 Å². The molecule has 0 spiro atoms. The molecular formula is C15H26O. The predicted molar refractivity (Wildman–Crippen MR) is 68.9 cm³/mol. The first-order valence-electron chi connectivity index (χ1n) is 6.60. The first-order chi connectivity index (χ1) is 7.35. The molecule has 1 saturated carbocycles. The highest BCUT2D eigenvalue weighted by atomic mass is 16.3. The Labute approximate surface area is 101 Å². The van der Waals surface area contributed by atoms with E-state index in [0.717, 1.165) is 12.8 Å². The molecule has 0 aromatic heterocycles. The van der Waals surface area contributed by atoms with Gasteiger partial charge in [-0.3, -0.25) is 0 Å². The van der Waals surface area contributed by atoms with Crippen molar-refractivity contribution in [1.29, 1.82) is 0 Å². The summed E-state index contributed by atoms with van der Waals surface area (Å²) in [6.07, 6.45) is 3.19. The van der Waals surface area contributed by atoms with Gasteiger partial charge in [-0.1, -0.05) is 52.9 Å². The molecule has 16 heavy (non-hydrogen) atoms. The van der Waals surface area contributed by atoms with Gasteiger partial charge in [0, 0.05) is 11.8 Å². The molecule has 1 heteroatoms. The number of hydrogen-bond acceptors (Lipinski definition) is 1. The molecule has 1 N–H and O–H groups in total. The van der Waals surface area contributed by atoms with Crippen LogP contribution in [0.25, 0.3) is 0 Å². The Morgan fingerprint density at radius 3 is 2.31 bits per heavy atom. The molecule has 0 saturated heterocycles. The van der Waals surface area contributed by atoms with Crippen LogP contribution in [0.1, 0.15) is 53.9 Å². The van der Waals surface area contributed by atoms with Crippen molar-refractivity contribution in [3.05, 3.63) is 0 Å². The number of aliphatic hydroxyl groups is 1. The van der Waals surface area contributed by atoms with Gasteiger partial charge in [0.15, 0.2) is 0 Å². The Bertz CT molecular complexity index is 282. The molecule has 0 aliphatic heterocycles. The van der Waals surface area contributed by atoms with Crippen molar-refractivity contribution < 1.29 is 5.11 Å². The van der Waals surface area contributed by atoms with Gasteiger partial charge in [-0.2, -0.15) is 0 Å². The molecule has 1 aliphatic carbocycles. The van der Waals surface area contributed by atoms with Gasteiger partial charge in [-0.25, -0.2) is 0 Å². The molecule has 0 aromatic rings. The average Bonchev–Trinajstić information content (AvgIpc) is 2.14. The van der Waals surface area contributed by atoms with Crippen molar-refractivity contribution in [1.82, 2.24) is 0 Å². The van der Waals surface area contributed by atoms with Gasteiger partial charge in [-0.05, 0) is 24.7 Å². The van der Waals surface area contributed by atoms with Crippen LogP contribution in [0.5, 0.6) is 0 Å². The molecule has 0 bridgehead atoms. The first kappa shape index (κ1) is 13.6. The molecule has 1 nitrogen and oxygen atoms in total. The van der Waals surface area contributed by atoms with E-state index >= 15 is 0 Å². The maximum absolute atomic E-state index is 10.7. The minimum Gasteiger partial charge on any atom is -0.377 e. The van der Waals surface area contributed by atoms with E-state index in [4.69, 9.17) is 0 Å². The summed E-state index contributed by atoms with van der Waals surface area (Å²) in [6.45, 7) is 10.8. The smallest absolute Gasteiger partial charge is 0.128 e. The fourth-order valence-corrected chi connectivity index (χ4v) is 2.79. The summed E-state index contributed by atoms with van der Waals surface area (Å²) in [7, 11) is 0. The molecule has 1 rings (SSSR count). The lowest BCUT2D eigenvalue weighted by atomic mass is 9.67. The van der Waals surface area contributed by atoms with Crippen LogP contribution in [0.4, 0.5) is 0 Å². The minimum absolute atomic E-state index is 0.342. The maximum Gasteiger partial charge on any atom is 0.128 e. The van der Waals surface area contributed by atoms with E-state index in [1.165, 1.54) is 6.42 Å². The summed E-state index contributed by atoms with van der Waals surface area (Å²) in [5, 5.41) is 10.7. The molecule has 0 aromatic carbocycles. The second kappa shape index (κ2) is 5.23. The molecule has 1 aliphatic rings. The quantitative estimate of drug-likeness (QED) is 0.674. The Morgan fingerprint density at radius 1 is 1.19 bits per heavy atom. The molecule has 0 radical (unpaired) electrons. The summed E-state index contributed by atoms with van der Waals surface area (Å²) in [4.78, 5) is 0. The third-order valence-electron chi connectivity index (χ3n) is 3.63. The molecule has 92 valence electrons. The Morgan fingerprint density at radius 2 is 1.81 bits per heavy atom. The van der Waals surface area contributed by atoms with Crippen molar-refractivity contribution in [2.45, 2.75) is 59.5 Å². The summed E-state index contributed by atoms with van der Waals surface area (Å²) < 4.78 is 0. The van der Waals surface area contributed by atoms with Gasteiger partial charge in [0.05, 0.1) is 0 Å². The fourth-order valence-electron chi connectivity index (χ4n) is 2.79. The van der Waals surface area contributed by atoms with E-state index in [-0.39, 0.29) is 0 Å². The van der Waals surface area contributed by atoms with Gasteiger partial charge in [-0.15, -0.1) is 0 Å². The lowest BCUT2D eigenvalue weighted by molar-refractivity contribution is -0.0327. The Balaban J connectivity index is 2.89. The fraction of sp³-hybridized carbons (Fsp3) is 0.867. The topological polar surface area (TPSA) is 20.2 Å². The van der Waals surface area contributed by atoms with Crippen LogP contribution in [-0.2, 0) is 0 Å². The zero-order chi connectivity index (χ0) is 12.3. The second-order valence-corrected chi connectivity index (χ2v) is 6.09. The number of rotatable bonds is 1. The van der Waals surface area contributed by atoms with E-state index < -0.39 is 5.60 Å². The highest BCUT2D eigenvalue weighted by molar-refractivity contribution is 5.18. The van der Waals surface area contributed by atoms with Crippen molar-refractivity contribution in [2.75, 3.05) is 0 Å². The zero-order valence-electron chi connectivity index (χ0n) is 11.4. The van der Waals surface area contributed by atoms with Gasteiger partial charge >= 0.3 is 0 Å². The van der Waals surface area contributed by atoms with Crippen LogP contribution in [0.2, 0.25) is 0 Å². The molecule has 1 fully saturated rings. The molecule has 0 unspecified atom stereocenters. The number of hydrogen-bond donors (Lipinski definition) is 1. The zero-order valence-corrected chi connectivity index (χ0v) is 11.4. The first-order valence-corrected chi connectivity index (χ1v) is 6.60. The molecule has 0 amide bonds. The van der Waals surface area contributed by atoms with E-state index in [2.05, 4.69) is 46.5 Å². The molecule has 0 heterocycles. The second-order valence-electron chi connectivity index (χ2n) is 6.09. The largest absolute Gasteiger partial charge is 0.377 e. The van der Waals surface area contributed by atoms with Crippen LogP contribution >= 0.6 is 0 Å². The highest BCUT2D eigenvalue weighted by Crippen LogP contribution is 2.40. The van der Waals surface area contributed by atoms with Crippen LogP contribution in [-0.4, -0.2) is 10.7 Å². The molecular weight excluding hydrogens is 196 g/mol. The van der Waals surface area contributed by atoms with E-state index in [1.807, 2.05) is 0 Å². The predicted octanol–water partition coefficient (Wildman–Crippen LogP) is 3.47. The third kappa shape index (κ3) is 3.25. The lowest BCUT2D eigenvalue weighted by Crippen LogP contribution is -2.44.